The van der Waals surface area contributed by atoms with E-state index in [2.05, 4.69) is 20.1 Å². The molecule has 1 atom stereocenters. The zero-order valence-corrected chi connectivity index (χ0v) is 15.9. The lowest BCUT2D eigenvalue weighted by Crippen LogP contribution is -2.35. The predicted octanol–water partition coefficient (Wildman–Crippen LogP) is 4.67. The normalized spacial score (nSPS) is 17.2. The first-order valence-corrected chi connectivity index (χ1v) is 10.1. The molecule has 0 saturated carbocycles. The zero-order valence-electron chi connectivity index (χ0n) is 15.1. The van der Waals surface area contributed by atoms with Crippen LogP contribution >= 0.6 is 11.3 Å². The third-order valence-electron chi connectivity index (χ3n) is 5.07. The fourth-order valence-corrected chi connectivity index (χ4v) is 4.61. The van der Waals surface area contributed by atoms with Crippen LogP contribution in [0.25, 0.3) is 21.5 Å². The fourth-order valence-electron chi connectivity index (χ4n) is 3.62. The Kier molecular flexibility index (Phi) is 4.44. The van der Waals surface area contributed by atoms with Crippen LogP contribution in [0.5, 0.6) is 0 Å². The molecule has 5 rings (SSSR count). The van der Waals surface area contributed by atoms with Crippen LogP contribution in [0.4, 0.5) is 10.3 Å². The number of fused-ring (bicyclic) bond motifs is 1. The van der Waals surface area contributed by atoms with E-state index in [-0.39, 0.29) is 11.7 Å². The van der Waals surface area contributed by atoms with Gasteiger partial charge in [-0.15, -0.1) is 10.2 Å². The smallest absolute Gasteiger partial charge is 0.225 e. The monoisotopic (exact) mass is 391 g/mol. The van der Waals surface area contributed by atoms with Crippen LogP contribution in [0.15, 0.2) is 54.7 Å². The van der Waals surface area contributed by atoms with E-state index in [1.54, 1.807) is 12.1 Å². The molecule has 140 valence electrons. The predicted molar refractivity (Wildman–Crippen MR) is 109 cm³/mol. The number of para-hydroxylation sites is 1. The molecule has 2 aromatic carbocycles. The molecule has 0 bridgehead atoms. The van der Waals surface area contributed by atoms with Crippen LogP contribution in [0.3, 0.4) is 0 Å². The largest absolute Gasteiger partial charge is 0.340 e. The van der Waals surface area contributed by atoms with E-state index >= 15 is 0 Å². The molecule has 4 aromatic rings. The number of hydrogen-bond donors (Lipinski definition) is 0. The summed E-state index contributed by atoms with van der Waals surface area (Å²) in [6.45, 7) is 1.72. The minimum Gasteiger partial charge on any atom is -0.340 e. The van der Waals surface area contributed by atoms with Crippen molar-refractivity contribution in [3.05, 3.63) is 65.6 Å². The summed E-state index contributed by atoms with van der Waals surface area (Å²) in [5.74, 6) is 0.740. The molecule has 1 unspecified atom stereocenters. The van der Waals surface area contributed by atoms with E-state index in [0.29, 0.717) is 10.6 Å². The summed E-state index contributed by atoms with van der Waals surface area (Å²) in [6, 6.07) is 14.7. The van der Waals surface area contributed by atoms with Gasteiger partial charge in [0.25, 0.3) is 0 Å². The van der Waals surface area contributed by atoms with Crippen molar-refractivity contribution >= 4 is 28.2 Å². The van der Waals surface area contributed by atoms with Gasteiger partial charge in [0.05, 0.1) is 5.52 Å². The number of rotatable bonds is 3. The van der Waals surface area contributed by atoms with Gasteiger partial charge < -0.3 is 4.90 Å². The molecule has 0 N–H and O–H groups in total. The molecule has 1 aliphatic heterocycles. The topological polar surface area (TPSA) is 54.8 Å². The van der Waals surface area contributed by atoms with Gasteiger partial charge in [0.15, 0.2) is 5.01 Å². The van der Waals surface area contributed by atoms with E-state index in [0.717, 1.165) is 47.8 Å². The van der Waals surface area contributed by atoms with Crippen LogP contribution in [-0.2, 0) is 0 Å². The van der Waals surface area contributed by atoms with E-state index in [9.17, 15) is 4.39 Å². The lowest BCUT2D eigenvalue weighted by Gasteiger charge is -2.31. The Morgan fingerprint density at radius 3 is 2.82 bits per heavy atom. The van der Waals surface area contributed by atoms with E-state index in [1.165, 1.54) is 17.4 Å². The molecular formula is C21H18FN5S. The Labute approximate surface area is 165 Å². The molecule has 7 heteroatoms. The summed E-state index contributed by atoms with van der Waals surface area (Å²) in [7, 11) is 0. The molecule has 1 aliphatic rings. The van der Waals surface area contributed by atoms with Gasteiger partial charge in [-0.3, -0.25) is 0 Å². The first kappa shape index (κ1) is 17.2. The summed E-state index contributed by atoms with van der Waals surface area (Å²) in [4.78, 5) is 11.5. The van der Waals surface area contributed by atoms with Crippen molar-refractivity contribution in [2.75, 3.05) is 18.0 Å². The maximum atomic E-state index is 14.1. The first-order chi connectivity index (χ1) is 13.8. The van der Waals surface area contributed by atoms with Crippen molar-refractivity contribution in [3.63, 3.8) is 0 Å². The third-order valence-corrected chi connectivity index (χ3v) is 6.19. The quantitative estimate of drug-likeness (QED) is 0.508. The molecule has 28 heavy (non-hydrogen) atoms. The Balaban J connectivity index is 1.39. The zero-order chi connectivity index (χ0) is 18.9. The van der Waals surface area contributed by atoms with Crippen LogP contribution in [-0.4, -0.2) is 33.3 Å². The highest BCUT2D eigenvalue weighted by Crippen LogP contribution is 2.34. The van der Waals surface area contributed by atoms with Gasteiger partial charge in [-0.1, -0.05) is 41.7 Å². The Morgan fingerprint density at radius 2 is 1.89 bits per heavy atom. The highest BCUT2D eigenvalue weighted by atomic mass is 32.1. The molecule has 1 fully saturated rings. The summed E-state index contributed by atoms with van der Waals surface area (Å²) in [6.07, 6.45) is 3.95. The number of hydrogen-bond acceptors (Lipinski definition) is 6. The Hall–Kier alpha value is -2.93. The Morgan fingerprint density at radius 1 is 1.04 bits per heavy atom. The summed E-state index contributed by atoms with van der Waals surface area (Å²) < 4.78 is 14.1. The average Bonchev–Trinajstić information content (AvgIpc) is 3.24. The summed E-state index contributed by atoms with van der Waals surface area (Å²) in [5, 5.41) is 11.2. The maximum Gasteiger partial charge on any atom is 0.225 e. The maximum absolute atomic E-state index is 14.1. The molecule has 0 spiro atoms. The van der Waals surface area contributed by atoms with E-state index < -0.39 is 0 Å². The SMILES string of the molecule is Fc1ccccc1-c1nnc(C2CCCN(c3ncc4ccccc4n3)C2)s1. The minimum absolute atomic E-state index is 0.252. The van der Waals surface area contributed by atoms with Crippen molar-refractivity contribution in [1.82, 2.24) is 20.2 Å². The highest BCUT2D eigenvalue weighted by molar-refractivity contribution is 7.14. The average molecular weight is 391 g/mol. The van der Waals surface area contributed by atoms with E-state index in [1.807, 2.05) is 36.5 Å². The standard InChI is InChI=1S/C21H18FN5S/c22-17-9-3-2-8-16(17)20-26-25-19(28-20)15-7-5-11-27(13-15)21-23-12-14-6-1-4-10-18(14)24-21/h1-4,6,8-10,12,15H,5,7,11,13H2. The summed E-state index contributed by atoms with van der Waals surface area (Å²) in [5.41, 5.74) is 1.46. The summed E-state index contributed by atoms with van der Waals surface area (Å²) >= 11 is 1.48. The molecule has 3 heterocycles. The van der Waals surface area contributed by atoms with Crippen LogP contribution in [0.2, 0.25) is 0 Å². The molecular weight excluding hydrogens is 373 g/mol. The Bertz CT molecular complexity index is 1130. The van der Waals surface area contributed by atoms with Gasteiger partial charge in [-0.05, 0) is 31.0 Å². The molecule has 0 radical (unpaired) electrons. The highest BCUT2D eigenvalue weighted by Gasteiger charge is 2.26. The number of piperidine rings is 1. The van der Waals surface area contributed by atoms with Gasteiger partial charge >= 0.3 is 0 Å². The number of aromatic nitrogens is 4. The molecule has 2 aromatic heterocycles. The van der Waals surface area contributed by atoms with E-state index in [4.69, 9.17) is 4.98 Å². The second-order valence-electron chi connectivity index (χ2n) is 6.94. The van der Waals surface area contributed by atoms with Crippen molar-refractivity contribution < 1.29 is 4.39 Å². The van der Waals surface area contributed by atoms with Gasteiger partial charge in [0.1, 0.15) is 10.8 Å². The van der Waals surface area contributed by atoms with Gasteiger partial charge in [-0.2, -0.15) is 0 Å². The molecule has 0 aliphatic carbocycles. The van der Waals surface area contributed by atoms with Crippen molar-refractivity contribution in [2.24, 2.45) is 0 Å². The third kappa shape index (κ3) is 3.22. The van der Waals surface area contributed by atoms with Gasteiger partial charge in [0.2, 0.25) is 5.95 Å². The number of nitrogens with zero attached hydrogens (tertiary/aromatic N) is 5. The second kappa shape index (κ2) is 7.24. The number of benzene rings is 2. The van der Waals surface area contributed by atoms with Crippen LogP contribution in [0.1, 0.15) is 23.8 Å². The van der Waals surface area contributed by atoms with Crippen LogP contribution in [0, 0.1) is 5.82 Å². The van der Waals surface area contributed by atoms with Crippen LogP contribution < -0.4 is 4.90 Å². The lowest BCUT2D eigenvalue weighted by molar-refractivity contribution is 0.500. The second-order valence-corrected chi connectivity index (χ2v) is 7.95. The molecule has 5 nitrogen and oxygen atoms in total. The molecule has 0 amide bonds. The number of anilines is 1. The molecule has 1 saturated heterocycles. The van der Waals surface area contributed by atoms with Crippen molar-refractivity contribution in [1.29, 1.82) is 0 Å². The van der Waals surface area contributed by atoms with Crippen molar-refractivity contribution in [2.45, 2.75) is 18.8 Å². The lowest BCUT2D eigenvalue weighted by atomic mass is 9.99. The van der Waals surface area contributed by atoms with Crippen molar-refractivity contribution in [3.8, 4) is 10.6 Å². The minimum atomic E-state index is -0.264. The fraction of sp³-hybridized carbons (Fsp3) is 0.238. The van der Waals surface area contributed by atoms with Gasteiger partial charge in [0, 0.05) is 36.2 Å². The number of halogens is 1. The first-order valence-electron chi connectivity index (χ1n) is 9.33. The van der Waals surface area contributed by atoms with Gasteiger partial charge in [-0.25, -0.2) is 14.4 Å².